The van der Waals surface area contributed by atoms with Gasteiger partial charge in [-0.25, -0.2) is 8.78 Å². The number of carboxylic acids is 1. The Morgan fingerprint density at radius 2 is 2.11 bits per heavy atom. The van der Waals surface area contributed by atoms with Gasteiger partial charge in [-0.3, -0.25) is 4.79 Å². The smallest absolute Gasteiger partial charge is 0.308 e. The summed E-state index contributed by atoms with van der Waals surface area (Å²) in [6.45, 7) is 0.553. The number of piperidine rings is 1. The van der Waals surface area contributed by atoms with Gasteiger partial charge in [0, 0.05) is 25.2 Å². The predicted molar refractivity (Wildman–Crippen MR) is 62.3 cm³/mol. The minimum atomic E-state index is -0.947. The molecule has 0 saturated carbocycles. The van der Waals surface area contributed by atoms with Crippen LogP contribution in [0.2, 0.25) is 0 Å². The first-order valence-electron chi connectivity index (χ1n) is 5.65. The maximum atomic E-state index is 13.6. The molecule has 1 aromatic rings. The maximum Gasteiger partial charge on any atom is 0.308 e. The predicted octanol–water partition coefficient (Wildman–Crippen LogP) is 1.20. The van der Waals surface area contributed by atoms with Crippen molar-refractivity contribution in [3.63, 3.8) is 0 Å². The van der Waals surface area contributed by atoms with Crippen molar-refractivity contribution in [2.45, 2.75) is 12.5 Å². The molecule has 2 rings (SSSR count). The molecule has 1 aliphatic rings. The lowest BCUT2D eigenvalue weighted by Gasteiger charge is -2.36. The van der Waals surface area contributed by atoms with Crippen LogP contribution in [0.15, 0.2) is 18.2 Å². The SMILES string of the molecule is NC1CC(C(=O)O)CN(c2ccc(F)cc2F)C1. The van der Waals surface area contributed by atoms with Crippen LogP contribution in [0.5, 0.6) is 0 Å². The van der Waals surface area contributed by atoms with Gasteiger partial charge in [0.15, 0.2) is 0 Å². The van der Waals surface area contributed by atoms with Crippen LogP contribution in [0.25, 0.3) is 0 Å². The van der Waals surface area contributed by atoms with Gasteiger partial charge in [-0.2, -0.15) is 0 Å². The molecule has 1 fully saturated rings. The topological polar surface area (TPSA) is 66.6 Å². The first-order valence-corrected chi connectivity index (χ1v) is 5.65. The van der Waals surface area contributed by atoms with E-state index in [4.69, 9.17) is 10.8 Å². The minimum Gasteiger partial charge on any atom is -0.481 e. The summed E-state index contributed by atoms with van der Waals surface area (Å²) >= 11 is 0. The van der Waals surface area contributed by atoms with Crippen LogP contribution in [0.4, 0.5) is 14.5 Å². The Hall–Kier alpha value is -1.69. The number of nitrogens with two attached hydrogens (primary N) is 1. The van der Waals surface area contributed by atoms with Crippen LogP contribution in [-0.4, -0.2) is 30.2 Å². The van der Waals surface area contributed by atoms with Gasteiger partial charge in [0.1, 0.15) is 11.6 Å². The molecule has 0 radical (unpaired) electrons. The monoisotopic (exact) mass is 256 g/mol. The fraction of sp³-hybridized carbons (Fsp3) is 0.417. The highest BCUT2D eigenvalue weighted by molar-refractivity contribution is 5.71. The van der Waals surface area contributed by atoms with E-state index in [0.29, 0.717) is 13.0 Å². The largest absolute Gasteiger partial charge is 0.481 e. The van der Waals surface area contributed by atoms with E-state index in [-0.39, 0.29) is 18.3 Å². The quantitative estimate of drug-likeness (QED) is 0.834. The van der Waals surface area contributed by atoms with Crippen LogP contribution in [0.1, 0.15) is 6.42 Å². The van der Waals surface area contributed by atoms with E-state index >= 15 is 0 Å². The van der Waals surface area contributed by atoms with Gasteiger partial charge < -0.3 is 15.7 Å². The van der Waals surface area contributed by atoms with E-state index in [1.165, 1.54) is 6.07 Å². The fourth-order valence-corrected chi connectivity index (χ4v) is 2.25. The van der Waals surface area contributed by atoms with Crippen LogP contribution in [-0.2, 0) is 4.79 Å². The van der Waals surface area contributed by atoms with E-state index in [1.54, 1.807) is 4.90 Å². The molecule has 1 aliphatic heterocycles. The second-order valence-electron chi connectivity index (χ2n) is 4.53. The summed E-state index contributed by atoms with van der Waals surface area (Å²) < 4.78 is 26.4. The summed E-state index contributed by atoms with van der Waals surface area (Å²) in [5.41, 5.74) is 5.96. The Morgan fingerprint density at radius 3 is 2.72 bits per heavy atom. The third-order valence-electron chi connectivity index (χ3n) is 3.08. The molecule has 0 amide bonds. The lowest BCUT2D eigenvalue weighted by Crippen LogP contribution is -2.49. The summed E-state index contributed by atoms with van der Waals surface area (Å²) in [4.78, 5) is 12.5. The zero-order chi connectivity index (χ0) is 13.3. The van der Waals surface area contributed by atoms with Crippen LogP contribution < -0.4 is 10.6 Å². The molecule has 0 aliphatic carbocycles. The first-order chi connectivity index (χ1) is 8.47. The van der Waals surface area contributed by atoms with Crippen molar-refractivity contribution in [2.75, 3.05) is 18.0 Å². The average molecular weight is 256 g/mol. The Labute approximate surface area is 103 Å². The second-order valence-corrected chi connectivity index (χ2v) is 4.53. The minimum absolute atomic E-state index is 0.186. The van der Waals surface area contributed by atoms with Gasteiger partial charge in [0.05, 0.1) is 11.6 Å². The Kier molecular flexibility index (Phi) is 3.47. The standard InChI is InChI=1S/C12H14F2N2O2/c13-8-1-2-11(10(14)4-8)16-5-7(12(17)18)3-9(15)6-16/h1-2,4,7,9H,3,5-6,15H2,(H,17,18). The lowest BCUT2D eigenvalue weighted by atomic mass is 9.94. The normalized spacial score (nSPS) is 24.1. The van der Waals surface area contributed by atoms with Crippen LogP contribution in [0, 0.1) is 17.6 Å². The molecule has 3 N–H and O–H groups in total. The number of anilines is 1. The second kappa shape index (κ2) is 4.89. The van der Waals surface area contributed by atoms with Crippen molar-refractivity contribution in [3.05, 3.63) is 29.8 Å². The van der Waals surface area contributed by atoms with Gasteiger partial charge in [0.2, 0.25) is 0 Å². The van der Waals surface area contributed by atoms with Crippen molar-refractivity contribution in [1.82, 2.24) is 0 Å². The van der Waals surface area contributed by atoms with E-state index in [2.05, 4.69) is 0 Å². The van der Waals surface area contributed by atoms with E-state index in [1.807, 2.05) is 0 Å². The number of halogens is 2. The van der Waals surface area contributed by atoms with Crippen molar-refractivity contribution in [2.24, 2.45) is 11.7 Å². The molecule has 4 nitrogen and oxygen atoms in total. The van der Waals surface area contributed by atoms with Crippen molar-refractivity contribution < 1.29 is 18.7 Å². The Balaban J connectivity index is 2.24. The number of aliphatic carboxylic acids is 1. The highest BCUT2D eigenvalue weighted by atomic mass is 19.1. The van der Waals surface area contributed by atoms with Crippen molar-refractivity contribution in [1.29, 1.82) is 0 Å². The highest BCUT2D eigenvalue weighted by Crippen LogP contribution is 2.25. The van der Waals surface area contributed by atoms with Crippen molar-refractivity contribution >= 4 is 11.7 Å². The average Bonchev–Trinajstić information content (AvgIpc) is 2.27. The number of hydrogen-bond acceptors (Lipinski definition) is 3. The number of rotatable bonds is 2. The van der Waals surface area contributed by atoms with E-state index in [9.17, 15) is 13.6 Å². The van der Waals surface area contributed by atoms with Crippen LogP contribution in [0.3, 0.4) is 0 Å². The number of carboxylic acid groups (broad SMARTS) is 1. The molecule has 18 heavy (non-hydrogen) atoms. The molecule has 2 atom stereocenters. The summed E-state index contributed by atoms with van der Waals surface area (Å²) in [5.74, 6) is -2.93. The van der Waals surface area contributed by atoms with Gasteiger partial charge in [0.25, 0.3) is 0 Å². The number of hydrogen-bond donors (Lipinski definition) is 2. The molecule has 98 valence electrons. The number of benzene rings is 1. The molecule has 1 aromatic carbocycles. The fourth-order valence-electron chi connectivity index (χ4n) is 2.25. The van der Waals surface area contributed by atoms with E-state index in [0.717, 1.165) is 12.1 Å². The molecule has 2 unspecified atom stereocenters. The van der Waals surface area contributed by atoms with Gasteiger partial charge in [-0.05, 0) is 18.6 Å². The van der Waals surface area contributed by atoms with Crippen molar-refractivity contribution in [3.8, 4) is 0 Å². The van der Waals surface area contributed by atoms with Crippen LogP contribution >= 0.6 is 0 Å². The lowest BCUT2D eigenvalue weighted by molar-refractivity contribution is -0.142. The summed E-state index contributed by atoms with van der Waals surface area (Å²) in [6, 6.07) is 2.91. The molecule has 0 spiro atoms. The Morgan fingerprint density at radius 1 is 1.39 bits per heavy atom. The van der Waals surface area contributed by atoms with Gasteiger partial charge >= 0.3 is 5.97 Å². The number of carbonyl (C=O) groups is 1. The first kappa shape index (κ1) is 12.8. The zero-order valence-electron chi connectivity index (χ0n) is 9.64. The van der Waals surface area contributed by atoms with E-state index < -0.39 is 23.5 Å². The third kappa shape index (κ3) is 2.59. The molecule has 1 heterocycles. The number of nitrogens with zero attached hydrogens (tertiary/aromatic N) is 1. The third-order valence-corrected chi connectivity index (χ3v) is 3.08. The molecule has 0 bridgehead atoms. The summed E-state index contributed by atoms with van der Waals surface area (Å²) in [6.07, 6.45) is 0.370. The molecule has 0 aromatic heterocycles. The molecular formula is C12H14F2N2O2. The Bertz CT molecular complexity index is 467. The highest BCUT2D eigenvalue weighted by Gasteiger charge is 2.30. The maximum absolute atomic E-state index is 13.6. The summed E-state index contributed by atoms with van der Waals surface area (Å²) in [7, 11) is 0. The molecular weight excluding hydrogens is 242 g/mol. The van der Waals surface area contributed by atoms with Gasteiger partial charge in [-0.1, -0.05) is 0 Å². The molecule has 1 saturated heterocycles. The molecule has 6 heteroatoms. The summed E-state index contributed by atoms with van der Waals surface area (Å²) in [5, 5.41) is 9.00. The zero-order valence-corrected chi connectivity index (χ0v) is 9.64. The van der Waals surface area contributed by atoms with Gasteiger partial charge in [-0.15, -0.1) is 0 Å².